The first-order valence-corrected chi connectivity index (χ1v) is 13.5. The van der Waals surface area contributed by atoms with E-state index >= 15 is 0 Å². The summed E-state index contributed by atoms with van der Waals surface area (Å²) < 4.78 is 40.3. The second-order valence-corrected chi connectivity index (χ2v) is 10.1. The molecule has 0 saturated carbocycles. The molecule has 2 aromatic heterocycles. The summed E-state index contributed by atoms with van der Waals surface area (Å²) in [6, 6.07) is 22.6. The third-order valence-electron chi connectivity index (χ3n) is 5.75. The molecule has 2 aromatic carbocycles. The highest BCUT2D eigenvalue weighted by Gasteiger charge is 2.14. The summed E-state index contributed by atoms with van der Waals surface area (Å²) >= 11 is 0. The van der Waals surface area contributed by atoms with Gasteiger partial charge in [0, 0.05) is 30.7 Å². The number of rotatable bonds is 13. The Labute approximate surface area is 218 Å². The molecule has 0 fully saturated rings. The monoisotopic (exact) mass is 521 g/mol. The van der Waals surface area contributed by atoms with Gasteiger partial charge in [0.1, 0.15) is 5.82 Å². The van der Waals surface area contributed by atoms with Gasteiger partial charge in [-0.3, -0.25) is 4.18 Å². The van der Waals surface area contributed by atoms with Crippen LogP contribution in [-0.2, 0) is 23.8 Å². The maximum Gasteiger partial charge on any atom is 0.297 e. The van der Waals surface area contributed by atoms with E-state index in [0.717, 1.165) is 33.5 Å². The zero-order valence-electron chi connectivity index (χ0n) is 21.0. The van der Waals surface area contributed by atoms with Crippen LogP contribution in [0.15, 0.2) is 83.9 Å². The smallest absolute Gasteiger partial charge is 0.297 e. The molecule has 0 aliphatic carbocycles. The molecule has 4 aromatic rings. The highest BCUT2D eigenvalue weighted by atomic mass is 32.2. The van der Waals surface area contributed by atoms with E-state index in [1.165, 1.54) is 12.1 Å². The molecule has 8 nitrogen and oxygen atoms in total. The van der Waals surface area contributed by atoms with Gasteiger partial charge in [0.2, 0.25) is 0 Å². The fraction of sp³-hybridized carbons (Fsp3) is 0.286. The third-order valence-corrected chi connectivity index (χ3v) is 7.08. The number of nitrogens with zero attached hydrogens (tertiary/aromatic N) is 3. The van der Waals surface area contributed by atoms with E-state index in [1.54, 1.807) is 12.1 Å². The summed E-state index contributed by atoms with van der Waals surface area (Å²) in [5.41, 5.74) is 3.80. The minimum absolute atomic E-state index is 0.0463. The second kappa shape index (κ2) is 12.7. The standard InChI is InChI=1S/C28H31N3O5S/c1-22-7-11-25(12-8-22)37(32,33)36-20-19-35-18-17-34-16-15-31(2)28-14-10-24(21-29-28)27-13-9-23-5-3-4-6-26(23)30-27/h3-14,21H,15-20H2,1-2H3. The normalized spacial score (nSPS) is 11.6. The first kappa shape index (κ1) is 26.7. The molecule has 0 N–H and O–H groups in total. The van der Waals surface area contributed by atoms with Crippen LogP contribution in [0.4, 0.5) is 5.82 Å². The number of hydrogen-bond acceptors (Lipinski definition) is 8. The number of pyridine rings is 2. The van der Waals surface area contributed by atoms with Crippen molar-refractivity contribution in [3.63, 3.8) is 0 Å². The molecule has 194 valence electrons. The van der Waals surface area contributed by atoms with Crippen molar-refractivity contribution in [2.75, 3.05) is 51.5 Å². The van der Waals surface area contributed by atoms with Gasteiger partial charge in [-0.25, -0.2) is 9.97 Å². The van der Waals surface area contributed by atoms with Crippen LogP contribution in [0.2, 0.25) is 0 Å². The molecule has 2 heterocycles. The van der Waals surface area contributed by atoms with E-state index in [1.807, 2.05) is 67.5 Å². The molecular weight excluding hydrogens is 490 g/mol. The Bertz CT molecular complexity index is 1390. The zero-order valence-corrected chi connectivity index (χ0v) is 21.9. The van der Waals surface area contributed by atoms with Crippen LogP contribution in [0.25, 0.3) is 22.2 Å². The average molecular weight is 522 g/mol. The van der Waals surface area contributed by atoms with Gasteiger partial charge < -0.3 is 14.4 Å². The van der Waals surface area contributed by atoms with Crippen LogP contribution >= 0.6 is 0 Å². The molecule has 9 heteroatoms. The fourth-order valence-electron chi connectivity index (χ4n) is 3.60. The number of hydrogen-bond donors (Lipinski definition) is 0. The van der Waals surface area contributed by atoms with E-state index in [2.05, 4.69) is 11.1 Å². The van der Waals surface area contributed by atoms with Gasteiger partial charge in [-0.1, -0.05) is 42.0 Å². The molecule has 0 radical (unpaired) electrons. The zero-order chi connectivity index (χ0) is 26.1. The Morgan fingerprint density at radius 1 is 0.811 bits per heavy atom. The van der Waals surface area contributed by atoms with Crippen LogP contribution in [0.3, 0.4) is 0 Å². The van der Waals surface area contributed by atoms with E-state index < -0.39 is 10.1 Å². The van der Waals surface area contributed by atoms with Crippen molar-refractivity contribution in [2.24, 2.45) is 0 Å². The van der Waals surface area contributed by atoms with Crippen LogP contribution in [-0.4, -0.2) is 65.0 Å². The lowest BCUT2D eigenvalue weighted by Crippen LogP contribution is -2.24. The number of para-hydroxylation sites is 1. The van der Waals surface area contributed by atoms with Crippen molar-refractivity contribution in [3.05, 3.63) is 84.6 Å². The van der Waals surface area contributed by atoms with Crippen LogP contribution < -0.4 is 4.90 Å². The van der Waals surface area contributed by atoms with Crippen molar-refractivity contribution < 1.29 is 22.1 Å². The number of anilines is 1. The summed E-state index contributed by atoms with van der Waals surface area (Å²) in [5, 5.41) is 1.11. The van der Waals surface area contributed by atoms with E-state index in [4.69, 9.17) is 18.6 Å². The topological polar surface area (TPSA) is 90.9 Å². The Morgan fingerprint density at radius 3 is 2.30 bits per heavy atom. The van der Waals surface area contributed by atoms with Gasteiger partial charge in [0.15, 0.2) is 0 Å². The minimum Gasteiger partial charge on any atom is -0.377 e. The van der Waals surface area contributed by atoms with Crippen molar-refractivity contribution in [2.45, 2.75) is 11.8 Å². The molecule has 0 atom stereocenters. The summed E-state index contributed by atoms with van der Waals surface area (Å²) in [6.07, 6.45) is 1.83. The number of ether oxygens (including phenoxy) is 2. The second-order valence-electron chi connectivity index (χ2n) is 8.53. The minimum atomic E-state index is -3.77. The number of likely N-dealkylation sites (N-methyl/N-ethyl adjacent to an activating group) is 1. The highest BCUT2D eigenvalue weighted by molar-refractivity contribution is 7.86. The third kappa shape index (κ3) is 7.56. The molecule has 4 rings (SSSR count). The fourth-order valence-corrected chi connectivity index (χ4v) is 4.50. The molecule has 0 amide bonds. The van der Waals surface area contributed by atoms with Gasteiger partial charge in [-0.2, -0.15) is 8.42 Å². The predicted octanol–water partition coefficient (Wildman–Crippen LogP) is 4.48. The van der Waals surface area contributed by atoms with Gasteiger partial charge in [0.25, 0.3) is 10.1 Å². The number of fused-ring (bicyclic) bond motifs is 1. The maximum atomic E-state index is 12.1. The molecular formula is C28H31N3O5S. The van der Waals surface area contributed by atoms with Crippen LogP contribution in [0.1, 0.15) is 5.56 Å². The lowest BCUT2D eigenvalue weighted by Gasteiger charge is -2.18. The summed E-state index contributed by atoms with van der Waals surface area (Å²) in [4.78, 5) is 11.4. The summed E-state index contributed by atoms with van der Waals surface area (Å²) in [5.74, 6) is 0.844. The average Bonchev–Trinajstić information content (AvgIpc) is 2.92. The lowest BCUT2D eigenvalue weighted by molar-refractivity contribution is 0.0394. The van der Waals surface area contributed by atoms with Crippen molar-refractivity contribution in [1.82, 2.24) is 9.97 Å². The Hall–Kier alpha value is -3.37. The van der Waals surface area contributed by atoms with Gasteiger partial charge in [-0.05, 0) is 43.3 Å². The van der Waals surface area contributed by atoms with E-state index in [9.17, 15) is 8.42 Å². The highest BCUT2D eigenvalue weighted by Crippen LogP contribution is 2.22. The molecule has 37 heavy (non-hydrogen) atoms. The molecule has 0 spiro atoms. The van der Waals surface area contributed by atoms with Crippen molar-refractivity contribution in [1.29, 1.82) is 0 Å². The van der Waals surface area contributed by atoms with Crippen LogP contribution in [0, 0.1) is 6.92 Å². The molecule has 0 aliphatic heterocycles. The molecule has 0 bridgehead atoms. The van der Waals surface area contributed by atoms with Crippen molar-refractivity contribution in [3.8, 4) is 11.3 Å². The van der Waals surface area contributed by atoms with Crippen LogP contribution in [0.5, 0.6) is 0 Å². The van der Waals surface area contributed by atoms with Gasteiger partial charge in [0.05, 0.1) is 49.1 Å². The maximum absolute atomic E-state index is 12.1. The summed E-state index contributed by atoms with van der Waals surface area (Å²) in [7, 11) is -1.81. The molecule has 0 saturated heterocycles. The largest absolute Gasteiger partial charge is 0.377 e. The van der Waals surface area contributed by atoms with E-state index in [0.29, 0.717) is 26.4 Å². The van der Waals surface area contributed by atoms with Gasteiger partial charge >= 0.3 is 0 Å². The predicted molar refractivity (Wildman–Crippen MR) is 144 cm³/mol. The Kier molecular flexibility index (Phi) is 9.19. The number of aryl methyl sites for hydroxylation is 1. The van der Waals surface area contributed by atoms with E-state index in [-0.39, 0.29) is 18.1 Å². The summed E-state index contributed by atoms with van der Waals surface area (Å²) in [6.45, 7) is 3.94. The quantitative estimate of drug-likeness (QED) is 0.188. The van der Waals surface area contributed by atoms with Gasteiger partial charge in [-0.15, -0.1) is 0 Å². The SMILES string of the molecule is Cc1ccc(S(=O)(=O)OCCOCCOCCN(C)c2ccc(-c3ccc4ccccc4n3)cn2)cc1. The molecule has 0 unspecified atom stereocenters. The molecule has 0 aliphatic rings. The lowest BCUT2D eigenvalue weighted by atomic mass is 10.1. The number of benzene rings is 2. The Balaban J connectivity index is 1.11. The van der Waals surface area contributed by atoms with Crippen molar-refractivity contribution >= 4 is 26.8 Å². The first-order valence-electron chi connectivity index (χ1n) is 12.1. The first-order chi connectivity index (χ1) is 17.9. The number of aromatic nitrogens is 2. The Morgan fingerprint density at radius 2 is 1.54 bits per heavy atom.